The lowest BCUT2D eigenvalue weighted by molar-refractivity contribution is -0.148. The number of alkyl carbamates (subject to hydrolysis) is 1. The van der Waals surface area contributed by atoms with E-state index in [4.69, 9.17) is 9.47 Å². The summed E-state index contributed by atoms with van der Waals surface area (Å²) in [5.74, 6) is -0.179. The Labute approximate surface area is 88.1 Å². The van der Waals surface area contributed by atoms with Gasteiger partial charge in [-0.2, -0.15) is 0 Å². The molecule has 0 radical (unpaired) electrons. The van der Waals surface area contributed by atoms with Crippen molar-refractivity contribution < 1.29 is 19.1 Å². The Kier molecular flexibility index (Phi) is 2.54. The number of methoxy groups -OCH3 is 1. The van der Waals surface area contributed by atoms with Gasteiger partial charge in [0.05, 0.1) is 19.6 Å². The Bertz CT molecular complexity index is 281. The zero-order valence-electron chi connectivity index (χ0n) is 8.75. The van der Waals surface area contributed by atoms with E-state index in [1.54, 1.807) is 0 Å². The van der Waals surface area contributed by atoms with Gasteiger partial charge in [0.1, 0.15) is 5.60 Å². The molecule has 0 unspecified atom stereocenters. The van der Waals surface area contributed by atoms with Gasteiger partial charge in [0.25, 0.3) is 0 Å². The summed E-state index contributed by atoms with van der Waals surface area (Å²) in [4.78, 5) is 22.3. The molecule has 1 amide bonds. The monoisotopic (exact) mass is 213 g/mol. The quantitative estimate of drug-likeness (QED) is 0.655. The topological polar surface area (TPSA) is 64.6 Å². The molecule has 0 aromatic rings. The Morgan fingerprint density at radius 2 is 2.20 bits per heavy atom. The van der Waals surface area contributed by atoms with Crippen LogP contribution in [0.25, 0.3) is 0 Å². The van der Waals surface area contributed by atoms with Gasteiger partial charge in [0, 0.05) is 0 Å². The van der Waals surface area contributed by atoms with Gasteiger partial charge < -0.3 is 14.8 Å². The van der Waals surface area contributed by atoms with E-state index in [1.807, 2.05) is 0 Å². The second-order valence-corrected chi connectivity index (χ2v) is 4.22. The number of hydrogen-bond acceptors (Lipinski definition) is 4. The molecule has 1 saturated carbocycles. The predicted octanol–water partition coefficient (Wildman–Crippen LogP) is 0.828. The van der Waals surface area contributed by atoms with Crippen LogP contribution >= 0.6 is 0 Å². The highest BCUT2D eigenvalue weighted by Crippen LogP contribution is 2.37. The van der Waals surface area contributed by atoms with E-state index in [0.29, 0.717) is 6.54 Å². The van der Waals surface area contributed by atoms with Crippen LogP contribution in [0.3, 0.4) is 0 Å². The van der Waals surface area contributed by atoms with Gasteiger partial charge in [-0.15, -0.1) is 0 Å². The van der Waals surface area contributed by atoms with Crippen molar-refractivity contribution in [2.24, 2.45) is 5.92 Å². The lowest BCUT2D eigenvalue weighted by Gasteiger charge is -2.33. The summed E-state index contributed by atoms with van der Waals surface area (Å²) in [6.45, 7) is 0.569. The highest BCUT2D eigenvalue weighted by Gasteiger charge is 2.44. The number of hydrogen-bond donors (Lipinski definition) is 1. The summed E-state index contributed by atoms with van der Waals surface area (Å²) in [5, 5.41) is 2.66. The normalized spacial score (nSPS) is 34.7. The predicted molar refractivity (Wildman–Crippen MR) is 51.2 cm³/mol. The smallest absolute Gasteiger partial charge is 0.407 e. The molecule has 15 heavy (non-hydrogen) atoms. The van der Waals surface area contributed by atoms with Crippen molar-refractivity contribution >= 4 is 12.1 Å². The maximum atomic E-state index is 11.3. The fourth-order valence-corrected chi connectivity index (χ4v) is 2.33. The van der Waals surface area contributed by atoms with E-state index in [0.717, 1.165) is 25.7 Å². The van der Waals surface area contributed by atoms with Gasteiger partial charge in [-0.3, -0.25) is 4.79 Å². The molecule has 2 aliphatic rings. The average molecular weight is 213 g/mol. The van der Waals surface area contributed by atoms with Crippen molar-refractivity contribution in [3.05, 3.63) is 0 Å². The first-order valence-electron chi connectivity index (χ1n) is 5.20. The van der Waals surface area contributed by atoms with Gasteiger partial charge in [-0.1, -0.05) is 0 Å². The summed E-state index contributed by atoms with van der Waals surface area (Å²) >= 11 is 0. The van der Waals surface area contributed by atoms with Gasteiger partial charge >= 0.3 is 12.1 Å². The molecule has 0 aromatic heterocycles. The van der Waals surface area contributed by atoms with Crippen LogP contribution in [0, 0.1) is 5.92 Å². The van der Waals surface area contributed by atoms with Crippen LogP contribution in [0.15, 0.2) is 0 Å². The molecule has 2 fully saturated rings. The number of nitrogens with one attached hydrogen (secondary N) is 1. The average Bonchev–Trinajstić information content (AvgIpc) is 2.60. The zero-order chi connectivity index (χ0) is 10.9. The Balaban J connectivity index is 1.92. The number of esters is 1. The standard InChI is InChI=1S/C10H15NO4/c1-14-8(12)7-2-4-10(5-3-7)6-11-9(13)15-10/h7H,2-6H2,1H3,(H,11,13). The molecule has 1 aliphatic carbocycles. The molecule has 5 nitrogen and oxygen atoms in total. The van der Waals surface area contributed by atoms with E-state index < -0.39 is 0 Å². The molecular formula is C10H15NO4. The summed E-state index contributed by atoms with van der Waals surface area (Å²) < 4.78 is 9.95. The third kappa shape index (κ3) is 1.91. The number of carbonyl (C=O) groups is 2. The first-order chi connectivity index (χ1) is 7.15. The number of ether oxygens (including phenoxy) is 2. The highest BCUT2D eigenvalue weighted by molar-refractivity contribution is 5.73. The molecule has 1 heterocycles. The third-order valence-electron chi connectivity index (χ3n) is 3.30. The van der Waals surface area contributed by atoms with E-state index in [-0.39, 0.29) is 23.6 Å². The summed E-state index contributed by atoms with van der Waals surface area (Å²) in [7, 11) is 1.41. The Morgan fingerprint density at radius 3 is 2.67 bits per heavy atom. The minimum Gasteiger partial charge on any atom is -0.469 e. The Hall–Kier alpha value is -1.26. The van der Waals surface area contributed by atoms with Crippen molar-refractivity contribution in [2.75, 3.05) is 13.7 Å². The van der Waals surface area contributed by atoms with E-state index in [1.165, 1.54) is 7.11 Å². The molecule has 0 aromatic carbocycles. The van der Waals surface area contributed by atoms with Crippen LogP contribution < -0.4 is 5.32 Å². The summed E-state index contributed by atoms with van der Waals surface area (Å²) in [6, 6.07) is 0. The second kappa shape index (κ2) is 3.72. The molecule has 0 bridgehead atoms. The van der Waals surface area contributed by atoms with Crippen LogP contribution in [-0.4, -0.2) is 31.3 Å². The fourth-order valence-electron chi connectivity index (χ4n) is 2.33. The summed E-state index contributed by atoms with van der Waals surface area (Å²) in [5.41, 5.74) is -0.360. The van der Waals surface area contributed by atoms with Crippen molar-refractivity contribution in [3.8, 4) is 0 Å². The maximum Gasteiger partial charge on any atom is 0.407 e. The largest absolute Gasteiger partial charge is 0.469 e. The van der Waals surface area contributed by atoms with Gasteiger partial charge in [-0.05, 0) is 25.7 Å². The van der Waals surface area contributed by atoms with Gasteiger partial charge in [0.2, 0.25) is 0 Å². The molecule has 5 heteroatoms. The van der Waals surface area contributed by atoms with Crippen LogP contribution in [-0.2, 0) is 14.3 Å². The molecule has 84 valence electrons. The van der Waals surface area contributed by atoms with Crippen molar-refractivity contribution in [2.45, 2.75) is 31.3 Å². The van der Waals surface area contributed by atoms with Crippen molar-refractivity contribution in [3.63, 3.8) is 0 Å². The molecule has 1 N–H and O–H groups in total. The van der Waals surface area contributed by atoms with Crippen LogP contribution in [0.4, 0.5) is 4.79 Å². The van der Waals surface area contributed by atoms with Crippen LogP contribution in [0.2, 0.25) is 0 Å². The molecule has 1 aliphatic heterocycles. The lowest BCUT2D eigenvalue weighted by atomic mass is 9.79. The highest BCUT2D eigenvalue weighted by atomic mass is 16.6. The number of amides is 1. The second-order valence-electron chi connectivity index (χ2n) is 4.22. The first kappa shape index (κ1) is 10.3. The van der Waals surface area contributed by atoms with E-state index in [9.17, 15) is 9.59 Å². The summed E-state index contributed by atoms with van der Waals surface area (Å²) in [6.07, 6.45) is 2.62. The molecular weight excluding hydrogens is 198 g/mol. The van der Waals surface area contributed by atoms with Crippen LogP contribution in [0.5, 0.6) is 0 Å². The Morgan fingerprint density at radius 1 is 1.53 bits per heavy atom. The van der Waals surface area contributed by atoms with E-state index in [2.05, 4.69) is 5.32 Å². The molecule has 0 atom stereocenters. The van der Waals surface area contributed by atoms with Crippen molar-refractivity contribution in [1.82, 2.24) is 5.32 Å². The third-order valence-corrected chi connectivity index (χ3v) is 3.30. The zero-order valence-corrected chi connectivity index (χ0v) is 8.75. The number of rotatable bonds is 1. The van der Waals surface area contributed by atoms with Gasteiger partial charge in [-0.25, -0.2) is 4.79 Å². The lowest BCUT2D eigenvalue weighted by Crippen LogP contribution is -2.39. The van der Waals surface area contributed by atoms with Gasteiger partial charge in [0.15, 0.2) is 0 Å². The minimum absolute atomic E-state index is 0.0278. The van der Waals surface area contributed by atoms with Crippen molar-refractivity contribution in [1.29, 1.82) is 0 Å². The minimum atomic E-state index is -0.360. The number of carbonyl (C=O) groups excluding carboxylic acids is 2. The van der Waals surface area contributed by atoms with E-state index >= 15 is 0 Å². The van der Waals surface area contributed by atoms with Crippen LogP contribution in [0.1, 0.15) is 25.7 Å². The molecule has 1 spiro atoms. The molecule has 1 saturated heterocycles. The maximum absolute atomic E-state index is 11.3. The SMILES string of the molecule is COC(=O)C1CCC2(CC1)CNC(=O)O2. The first-order valence-corrected chi connectivity index (χ1v) is 5.20. The fraction of sp³-hybridized carbons (Fsp3) is 0.800. The molecule has 2 rings (SSSR count).